The molecule has 1 aliphatic carbocycles. The smallest absolute Gasteiger partial charge is 0.225 e. The average molecular weight is 408 g/mol. The molecule has 1 N–H and O–H groups in total. The van der Waals surface area contributed by atoms with Gasteiger partial charge in [0, 0.05) is 36.9 Å². The predicted molar refractivity (Wildman–Crippen MR) is 124 cm³/mol. The van der Waals surface area contributed by atoms with Crippen molar-refractivity contribution in [2.75, 3.05) is 7.05 Å². The van der Waals surface area contributed by atoms with E-state index >= 15 is 0 Å². The van der Waals surface area contributed by atoms with Crippen LogP contribution >= 0.6 is 0 Å². The summed E-state index contributed by atoms with van der Waals surface area (Å²) in [6.45, 7) is 9.95. The van der Waals surface area contributed by atoms with E-state index < -0.39 is 0 Å². The van der Waals surface area contributed by atoms with Crippen molar-refractivity contribution in [3.63, 3.8) is 0 Å². The number of ether oxygens (including phenoxy) is 1. The summed E-state index contributed by atoms with van der Waals surface area (Å²) < 4.78 is 6.51. The van der Waals surface area contributed by atoms with Crippen molar-refractivity contribution >= 4 is 12.6 Å². The van der Waals surface area contributed by atoms with E-state index in [0.29, 0.717) is 11.7 Å². The summed E-state index contributed by atoms with van der Waals surface area (Å²) in [5.41, 5.74) is 9.47. The Balaban J connectivity index is 2.30. The lowest BCUT2D eigenvalue weighted by Gasteiger charge is -2.26. The Morgan fingerprint density at radius 1 is 1.30 bits per heavy atom. The third-order valence-electron chi connectivity index (χ3n) is 5.62. The number of hydrazone groups is 1. The van der Waals surface area contributed by atoms with E-state index in [9.17, 15) is 0 Å². The van der Waals surface area contributed by atoms with E-state index in [1.165, 1.54) is 5.56 Å². The number of nitrogens with zero attached hydrogens (tertiary/aromatic N) is 4. The fourth-order valence-electron chi connectivity index (χ4n) is 4.16. The summed E-state index contributed by atoms with van der Waals surface area (Å²) in [5.74, 6) is 1.26. The molecular weight excluding hydrogens is 374 g/mol. The number of pyridine rings is 2. The second-order valence-corrected chi connectivity index (χ2v) is 7.76. The van der Waals surface area contributed by atoms with Gasteiger partial charge in [0.25, 0.3) is 0 Å². The lowest BCUT2D eigenvalue weighted by atomic mass is 9.86. The first-order chi connectivity index (χ1) is 14.6. The maximum Gasteiger partial charge on any atom is 0.225 e. The molecule has 2 heterocycles. The van der Waals surface area contributed by atoms with Gasteiger partial charge in [0.05, 0.1) is 5.56 Å². The van der Waals surface area contributed by atoms with Gasteiger partial charge in [-0.3, -0.25) is 15.4 Å². The van der Waals surface area contributed by atoms with Crippen LogP contribution in [0.3, 0.4) is 0 Å². The molecule has 3 rings (SSSR count). The van der Waals surface area contributed by atoms with Gasteiger partial charge in [-0.05, 0) is 68.7 Å². The van der Waals surface area contributed by atoms with E-state index in [1.54, 1.807) is 7.05 Å². The molecule has 2 aromatic heterocycles. The Kier molecular flexibility index (Phi) is 7.55. The van der Waals surface area contributed by atoms with E-state index in [1.807, 2.05) is 13.1 Å². The highest BCUT2D eigenvalue weighted by molar-refractivity contribution is 6.07. The van der Waals surface area contributed by atoms with Gasteiger partial charge in [0.2, 0.25) is 5.88 Å². The number of aromatic nitrogens is 2. The van der Waals surface area contributed by atoms with Crippen molar-refractivity contribution in [1.29, 1.82) is 0 Å². The van der Waals surface area contributed by atoms with Crippen LogP contribution in [-0.2, 0) is 12.8 Å². The molecule has 0 fully saturated rings. The quantitative estimate of drug-likeness (QED) is 0.385. The highest BCUT2D eigenvalue weighted by atomic mass is 16.5. The first kappa shape index (κ1) is 21.9. The van der Waals surface area contributed by atoms with E-state index in [0.717, 1.165) is 73.0 Å². The molecule has 2 aromatic rings. The first-order valence-corrected chi connectivity index (χ1v) is 11.0. The lowest BCUT2D eigenvalue weighted by Crippen LogP contribution is -2.26. The van der Waals surface area contributed by atoms with Crippen molar-refractivity contribution in [3.05, 3.63) is 40.8 Å². The molecule has 0 aliphatic heterocycles. The highest BCUT2D eigenvalue weighted by Crippen LogP contribution is 2.38. The molecule has 1 atom stereocenters. The minimum absolute atomic E-state index is 0.115. The van der Waals surface area contributed by atoms with Crippen LogP contribution in [0, 0.1) is 6.92 Å². The molecular formula is C24H33N5O. The van der Waals surface area contributed by atoms with Crippen LogP contribution in [0.1, 0.15) is 68.5 Å². The molecule has 30 heavy (non-hydrogen) atoms. The van der Waals surface area contributed by atoms with Gasteiger partial charge in [-0.15, -0.1) is 0 Å². The summed E-state index contributed by atoms with van der Waals surface area (Å²) in [4.78, 5) is 13.9. The number of aryl methyl sites for hydroxylation is 2. The van der Waals surface area contributed by atoms with Crippen molar-refractivity contribution in [2.45, 2.75) is 71.8 Å². The van der Waals surface area contributed by atoms with Gasteiger partial charge in [-0.25, -0.2) is 4.98 Å². The van der Waals surface area contributed by atoms with Gasteiger partial charge in [0.15, 0.2) is 5.84 Å². The largest absolute Gasteiger partial charge is 0.474 e. The number of nitrogens with one attached hydrogen (secondary N) is 1. The molecule has 0 aromatic carbocycles. The molecule has 1 aliphatic rings. The summed E-state index contributed by atoms with van der Waals surface area (Å²) in [7, 11) is 1.75. The van der Waals surface area contributed by atoms with Crippen LogP contribution in [0.5, 0.6) is 5.88 Å². The Hall–Kier alpha value is -2.76. The molecule has 0 saturated heterocycles. The number of fused-ring (bicyclic) bond motifs is 1. The third kappa shape index (κ3) is 4.69. The van der Waals surface area contributed by atoms with Gasteiger partial charge < -0.3 is 4.74 Å². The molecule has 0 amide bonds. The molecule has 6 nitrogen and oxygen atoms in total. The number of aliphatic imine (C=N–C) groups is 1. The Bertz CT molecular complexity index is 922. The third-order valence-corrected chi connectivity index (χ3v) is 5.62. The maximum atomic E-state index is 6.51. The summed E-state index contributed by atoms with van der Waals surface area (Å²) in [6, 6.07) is 4.18. The minimum atomic E-state index is 0.115. The van der Waals surface area contributed by atoms with E-state index in [2.05, 4.69) is 53.2 Å². The summed E-state index contributed by atoms with van der Waals surface area (Å²) in [5, 5.41) is 3.90. The first-order valence-electron chi connectivity index (χ1n) is 11.0. The van der Waals surface area contributed by atoms with Crippen molar-refractivity contribution in [2.24, 2.45) is 10.1 Å². The van der Waals surface area contributed by atoms with E-state index in [4.69, 9.17) is 9.72 Å². The van der Waals surface area contributed by atoms with Crippen LogP contribution in [0.4, 0.5) is 0 Å². The number of rotatable bonds is 8. The molecule has 0 spiro atoms. The standard InChI is InChI=1S/C24H33N5O/c1-6-10-18(7-2)30-24-22(23(25-4)29-26-5)21(17-13-14-27-16(3)15-17)19-11-8-9-12-20(19)28-24/h13-15,18H,5-12H2,1-4H3,(H,25,29). The molecule has 0 bridgehead atoms. The van der Waals surface area contributed by atoms with Gasteiger partial charge in [0.1, 0.15) is 6.10 Å². The fourth-order valence-corrected chi connectivity index (χ4v) is 4.16. The lowest BCUT2D eigenvalue weighted by molar-refractivity contribution is 0.177. The fraction of sp³-hybridized carbons (Fsp3) is 0.500. The van der Waals surface area contributed by atoms with Gasteiger partial charge in [-0.1, -0.05) is 20.3 Å². The minimum Gasteiger partial charge on any atom is -0.474 e. The number of amidine groups is 1. The molecule has 160 valence electrons. The van der Waals surface area contributed by atoms with Crippen molar-refractivity contribution in [1.82, 2.24) is 15.4 Å². The van der Waals surface area contributed by atoms with Crippen LogP contribution in [0.25, 0.3) is 11.1 Å². The molecule has 0 saturated carbocycles. The summed E-state index contributed by atoms with van der Waals surface area (Å²) >= 11 is 0. The Labute approximate surface area is 179 Å². The van der Waals surface area contributed by atoms with Gasteiger partial charge in [-0.2, -0.15) is 5.10 Å². The zero-order chi connectivity index (χ0) is 21.5. The number of hydrogen-bond acceptors (Lipinski definition) is 5. The van der Waals surface area contributed by atoms with Gasteiger partial charge >= 0.3 is 0 Å². The highest BCUT2D eigenvalue weighted by Gasteiger charge is 2.27. The zero-order valence-electron chi connectivity index (χ0n) is 18.7. The van der Waals surface area contributed by atoms with Crippen LogP contribution in [0.2, 0.25) is 0 Å². The second kappa shape index (κ2) is 10.3. The van der Waals surface area contributed by atoms with Crippen molar-refractivity contribution in [3.8, 4) is 17.0 Å². The molecule has 6 heteroatoms. The maximum absolute atomic E-state index is 6.51. The monoisotopic (exact) mass is 407 g/mol. The Morgan fingerprint density at radius 3 is 2.77 bits per heavy atom. The van der Waals surface area contributed by atoms with E-state index in [-0.39, 0.29) is 6.10 Å². The topological polar surface area (TPSA) is 71.8 Å². The molecule has 0 radical (unpaired) electrons. The van der Waals surface area contributed by atoms with Crippen LogP contribution < -0.4 is 10.2 Å². The normalized spacial score (nSPS) is 14.7. The Morgan fingerprint density at radius 2 is 2.10 bits per heavy atom. The van der Waals surface area contributed by atoms with Crippen LogP contribution in [0.15, 0.2) is 28.4 Å². The average Bonchev–Trinajstić information content (AvgIpc) is 2.76. The number of hydrogen-bond donors (Lipinski definition) is 1. The SMILES string of the molecule is C=NNC(=NC)c1c(OC(CC)CCC)nc2c(c1-c1ccnc(C)c1)CCCC2. The van der Waals surface area contributed by atoms with Crippen LogP contribution in [-0.4, -0.2) is 35.7 Å². The zero-order valence-corrected chi connectivity index (χ0v) is 18.7. The second-order valence-electron chi connectivity index (χ2n) is 7.76. The molecule has 1 unspecified atom stereocenters. The predicted octanol–water partition coefficient (Wildman–Crippen LogP) is 4.87. The van der Waals surface area contributed by atoms with Crippen molar-refractivity contribution < 1.29 is 4.74 Å². The summed E-state index contributed by atoms with van der Waals surface area (Å²) in [6.07, 6.45) is 9.24.